The van der Waals surface area contributed by atoms with Crippen LogP contribution >= 0.6 is 11.6 Å². The van der Waals surface area contributed by atoms with Gasteiger partial charge in [-0.1, -0.05) is 49.4 Å². The lowest BCUT2D eigenvalue weighted by Gasteiger charge is -2.39. The molecule has 0 bridgehead atoms. The van der Waals surface area contributed by atoms with Crippen molar-refractivity contribution in [1.82, 2.24) is 40.7 Å². The van der Waals surface area contributed by atoms with E-state index in [1.165, 1.54) is 6.42 Å². The molecule has 1 saturated carbocycles. The molecule has 2 unspecified atom stereocenters. The number of hydrogen-bond acceptors (Lipinski definition) is 9. The van der Waals surface area contributed by atoms with Crippen molar-refractivity contribution < 1.29 is 19.2 Å². The maximum absolute atomic E-state index is 13.8. The van der Waals surface area contributed by atoms with Crippen LogP contribution in [0.15, 0.2) is 42.9 Å². The number of anilines is 1. The maximum atomic E-state index is 13.8. The molecule has 2 saturated heterocycles. The Morgan fingerprint density at radius 2 is 1.71 bits per heavy atom. The van der Waals surface area contributed by atoms with Crippen molar-refractivity contribution in [3.05, 3.63) is 53.4 Å². The van der Waals surface area contributed by atoms with E-state index in [-0.39, 0.29) is 29.7 Å². The zero-order valence-corrected chi connectivity index (χ0v) is 32.6. The Morgan fingerprint density at radius 3 is 2.44 bits per heavy atom. The first-order valence-electron chi connectivity index (χ1n) is 20.1. The average molecular weight is 777 g/mol. The first kappa shape index (κ1) is 40.4. The summed E-state index contributed by atoms with van der Waals surface area (Å²) >= 11 is 6.22. The standard InChI is InChI=1S/C40H57ClN10O4/c41-31-12-10-29(11-13-31)33(48-39(55)40(42)16-21-51(22-17-40)37-32-14-19-43-36(32)45-27-46-37)15-20-49-23-25-50(26-24-49)34(53)9-5-2-6-18-44-38(54)35(47-28-52)30-7-3-1-4-8-30/h10-14,19,27-28,30,33,35H,1-9,15-18,20-26,42H2,(H,44,54)(H,47,52)(H,48,55)(H,43,45,46). The summed E-state index contributed by atoms with van der Waals surface area (Å²) in [5.74, 6) is 0.959. The summed E-state index contributed by atoms with van der Waals surface area (Å²) in [4.78, 5) is 69.1. The number of aromatic amines is 1. The van der Waals surface area contributed by atoms with E-state index in [1.54, 1.807) is 6.33 Å². The number of piperidine rings is 1. The fourth-order valence-electron chi connectivity index (χ4n) is 8.33. The molecule has 3 aliphatic rings. The molecule has 6 N–H and O–H groups in total. The van der Waals surface area contributed by atoms with Gasteiger partial charge in [0.25, 0.3) is 0 Å². The number of aromatic nitrogens is 3. The third-order valence-corrected chi connectivity index (χ3v) is 12.0. The SMILES string of the molecule is NC1(C(=O)NC(CCN2CCN(C(=O)CCCCCNC(=O)C(NC=O)C3CCCCC3)CC2)c2ccc(Cl)cc2)CCN(c2ncnc3[nH]ccc23)CC1. The largest absolute Gasteiger partial charge is 0.356 e. The number of H-pyrrole nitrogens is 1. The van der Waals surface area contributed by atoms with Crippen molar-refractivity contribution in [3.8, 4) is 0 Å². The minimum Gasteiger partial charge on any atom is -0.356 e. The number of benzene rings is 1. The van der Waals surface area contributed by atoms with Gasteiger partial charge < -0.3 is 36.5 Å². The van der Waals surface area contributed by atoms with E-state index in [0.717, 1.165) is 87.0 Å². The molecule has 55 heavy (non-hydrogen) atoms. The van der Waals surface area contributed by atoms with Gasteiger partial charge in [-0.05, 0) is 74.6 Å². The highest BCUT2D eigenvalue weighted by atomic mass is 35.5. The summed E-state index contributed by atoms with van der Waals surface area (Å²) in [7, 11) is 0. The number of hydrogen-bond donors (Lipinski definition) is 5. The summed E-state index contributed by atoms with van der Waals surface area (Å²) in [6, 6.07) is 8.87. The molecule has 14 nitrogen and oxygen atoms in total. The average Bonchev–Trinajstić information content (AvgIpc) is 3.70. The van der Waals surface area contributed by atoms with Gasteiger partial charge in [-0.2, -0.15) is 0 Å². The molecule has 3 fully saturated rings. The predicted octanol–water partition coefficient (Wildman–Crippen LogP) is 3.67. The highest BCUT2D eigenvalue weighted by molar-refractivity contribution is 6.30. The van der Waals surface area contributed by atoms with Crippen molar-refractivity contribution in [2.45, 2.75) is 94.7 Å². The lowest BCUT2D eigenvalue weighted by atomic mass is 9.83. The summed E-state index contributed by atoms with van der Waals surface area (Å²) in [5, 5.41) is 10.6. The molecule has 1 aromatic carbocycles. The van der Waals surface area contributed by atoms with E-state index in [0.29, 0.717) is 69.8 Å². The van der Waals surface area contributed by atoms with Crippen LogP contribution in [0.4, 0.5) is 5.82 Å². The van der Waals surface area contributed by atoms with Gasteiger partial charge in [-0.3, -0.25) is 24.1 Å². The van der Waals surface area contributed by atoms with Gasteiger partial charge in [0.2, 0.25) is 24.1 Å². The van der Waals surface area contributed by atoms with Crippen molar-refractivity contribution in [2.24, 2.45) is 11.7 Å². The molecular weight excluding hydrogens is 720 g/mol. The number of carbonyl (C=O) groups excluding carboxylic acids is 4. The van der Waals surface area contributed by atoms with Gasteiger partial charge in [0.15, 0.2) is 0 Å². The van der Waals surface area contributed by atoms with Crippen LogP contribution in [0.3, 0.4) is 0 Å². The van der Waals surface area contributed by atoms with Gasteiger partial charge in [0.1, 0.15) is 23.8 Å². The molecular formula is C40H57ClN10O4. The van der Waals surface area contributed by atoms with Crippen LogP contribution in [0.5, 0.6) is 0 Å². The van der Waals surface area contributed by atoms with Crippen molar-refractivity contribution in [3.63, 3.8) is 0 Å². The lowest BCUT2D eigenvalue weighted by molar-refractivity contribution is -0.133. The molecule has 0 spiro atoms. The minimum atomic E-state index is -1.00. The number of amides is 4. The molecule has 2 atom stereocenters. The fraction of sp³-hybridized carbons (Fsp3) is 0.600. The Hall–Kier alpha value is -4.27. The number of fused-ring (bicyclic) bond motifs is 1. The van der Waals surface area contributed by atoms with Crippen LogP contribution in [-0.4, -0.2) is 113 Å². The fourth-order valence-corrected chi connectivity index (χ4v) is 8.46. The van der Waals surface area contributed by atoms with Crippen LogP contribution in [-0.2, 0) is 19.2 Å². The van der Waals surface area contributed by atoms with Crippen LogP contribution in [0.1, 0.15) is 88.7 Å². The molecule has 6 rings (SSSR count). The maximum Gasteiger partial charge on any atom is 0.242 e. The highest BCUT2D eigenvalue weighted by Gasteiger charge is 2.39. The van der Waals surface area contributed by atoms with E-state index in [9.17, 15) is 19.2 Å². The van der Waals surface area contributed by atoms with E-state index in [4.69, 9.17) is 17.3 Å². The number of halogens is 1. The van der Waals surface area contributed by atoms with Crippen molar-refractivity contribution >= 4 is 52.6 Å². The first-order chi connectivity index (χ1) is 26.7. The second-order valence-electron chi connectivity index (χ2n) is 15.4. The summed E-state index contributed by atoms with van der Waals surface area (Å²) in [6.45, 7) is 5.39. The molecule has 4 amide bonds. The van der Waals surface area contributed by atoms with E-state index in [1.807, 2.05) is 41.4 Å². The number of carbonyl (C=O) groups is 4. The predicted molar refractivity (Wildman–Crippen MR) is 213 cm³/mol. The summed E-state index contributed by atoms with van der Waals surface area (Å²) in [5.41, 5.74) is 7.57. The zero-order valence-electron chi connectivity index (χ0n) is 31.8. The van der Waals surface area contributed by atoms with Crippen LogP contribution < -0.4 is 26.6 Å². The normalized spacial score (nSPS) is 19.1. The Balaban J connectivity index is 0.912. The zero-order chi connectivity index (χ0) is 38.6. The quantitative estimate of drug-likeness (QED) is 0.101. The number of nitrogens with zero attached hydrogens (tertiary/aromatic N) is 5. The Kier molecular flexibility index (Phi) is 14.4. The molecule has 1 aliphatic carbocycles. The molecule has 2 aromatic heterocycles. The first-order valence-corrected chi connectivity index (χ1v) is 20.5. The van der Waals surface area contributed by atoms with Gasteiger partial charge in [0, 0.05) is 70.0 Å². The van der Waals surface area contributed by atoms with Gasteiger partial charge in [0.05, 0.1) is 17.0 Å². The second kappa shape index (κ2) is 19.5. The summed E-state index contributed by atoms with van der Waals surface area (Å²) in [6.07, 6.45) is 14.0. The molecule has 3 aromatic rings. The van der Waals surface area contributed by atoms with Crippen molar-refractivity contribution in [1.29, 1.82) is 0 Å². The molecule has 15 heteroatoms. The lowest BCUT2D eigenvalue weighted by Crippen LogP contribution is -2.60. The van der Waals surface area contributed by atoms with Crippen molar-refractivity contribution in [2.75, 3.05) is 57.3 Å². The Morgan fingerprint density at radius 1 is 0.964 bits per heavy atom. The van der Waals surface area contributed by atoms with E-state index < -0.39 is 11.6 Å². The van der Waals surface area contributed by atoms with Crippen LogP contribution in [0.25, 0.3) is 11.0 Å². The van der Waals surface area contributed by atoms with E-state index in [2.05, 4.69) is 40.7 Å². The monoisotopic (exact) mass is 776 g/mol. The van der Waals surface area contributed by atoms with E-state index >= 15 is 0 Å². The molecule has 2 aliphatic heterocycles. The Bertz CT molecular complexity index is 1720. The van der Waals surface area contributed by atoms with Gasteiger partial charge in [-0.15, -0.1) is 0 Å². The molecule has 298 valence electrons. The smallest absolute Gasteiger partial charge is 0.242 e. The van der Waals surface area contributed by atoms with Crippen LogP contribution in [0, 0.1) is 5.92 Å². The summed E-state index contributed by atoms with van der Waals surface area (Å²) < 4.78 is 0. The third-order valence-electron chi connectivity index (χ3n) is 11.8. The highest BCUT2D eigenvalue weighted by Crippen LogP contribution is 2.30. The number of rotatable bonds is 17. The number of nitrogens with one attached hydrogen (secondary N) is 4. The molecule has 0 radical (unpaired) electrons. The van der Waals surface area contributed by atoms with Gasteiger partial charge in [-0.25, -0.2) is 9.97 Å². The number of piperazine rings is 1. The Labute approximate surface area is 328 Å². The topological polar surface area (TPSA) is 182 Å². The number of unbranched alkanes of at least 4 members (excludes halogenated alkanes) is 2. The van der Waals surface area contributed by atoms with Gasteiger partial charge >= 0.3 is 0 Å². The molecule has 4 heterocycles. The minimum absolute atomic E-state index is 0.104. The number of nitrogens with two attached hydrogens (primary N) is 1. The third kappa shape index (κ3) is 10.7. The second-order valence-corrected chi connectivity index (χ2v) is 15.9. The van der Waals surface area contributed by atoms with Crippen LogP contribution in [0.2, 0.25) is 5.02 Å².